The van der Waals surface area contributed by atoms with Crippen molar-refractivity contribution >= 4 is 5.69 Å². The molecule has 27 heavy (non-hydrogen) atoms. The molecule has 0 N–H and O–H groups in total. The van der Waals surface area contributed by atoms with Crippen molar-refractivity contribution in [2.24, 2.45) is 23.7 Å². The maximum absolute atomic E-state index is 14.1. The van der Waals surface area contributed by atoms with E-state index in [0.29, 0.717) is 17.9 Å². The molecule has 0 spiro atoms. The maximum atomic E-state index is 14.1. The largest absolute Gasteiger partial charge is 0.611 e. The quantitative estimate of drug-likeness (QED) is 0.343. The average molecular weight is 371 g/mol. The highest BCUT2D eigenvalue weighted by molar-refractivity contribution is 5.34. The van der Waals surface area contributed by atoms with Crippen molar-refractivity contribution in [1.82, 2.24) is 5.01 Å². The summed E-state index contributed by atoms with van der Waals surface area (Å²) in [6, 6.07) is 7.02. The molecule has 0 aromatic heterocycles. The zero-order chi connectivity index (χ0) is 19.0. The van der Waals surface area contributed by atoms with E-state index in [-0.39, 0.29) is 27.4 Å². The molecule has 1 atom stereocenters. The van der Waals surface area contributed by atoms with Gasteiger partial charge in [0.1, 0.15) is 18.6 Å². The molecular weight excluding hydrogens is 342 g/mol. The van der Waals surface area contributed by atoms with Crippen molar-refractivity contribution in [3.63, 3.8) is 0 Å². The molecule has 1 aromatic carbocycles. The molecule has 6 nitrogen and oxygen atoms in total. The lowest BCUT2D eigenvalue weighted by Gasteiger charge is -2.72. The van der Waals surface area contributed by atoms with Gasteiger partial charge in [-0.05, 0) is 69.6 Å². The van der Waals surface area contributed by atoms with Crippen LogP contribution in [0.2, 0.25) is 0 Å². The summed E-state index contributed by atoms with van der Waals surface area (Å²) in [7, 11) is 0. The molecule has 0 amide bonds. The molecule has 4 bridgehead atoms. The Bertz CT molecular complexity index is 752. The molecule has 0 radical (unpaired) electrons. The number of benzene rings is 1. The van der Waals surface area contributed by atoms with Gasteiger partial charge in [0, 0.05) is 17.7 Å². The highest BCUT2D eigenvalue weighted by Crippen LogP contribution is 2.58. The first kappa shape index (κ1) is 17.6. The predicted octanol–water partition coefficient (Wildman–Crippen LogP) is 4.24. The minimum absolute atomic E-state index is 0.0682. The monoisotopic (exact) mass is 371 g/mol. The smallest absolute Gasteiger partial charge is 0.269 e. The van der Waals surface area contributed by atoms with Crippen molar-refractivity contribution in [2.45, 2.75) is 64.1 Å². The van der Waals surface area contributed by atoms with Crippen LogP contribution >= 0.6 is 0 Å². The van der Waals surface area contributed by atoms with Crippen molar-refractivity contribution in [2.75, 3.05) is 6.54 Å². The Hall–Kier alpha value is -1.50. The third-order valence-corrected chi connectivity index (χ3v) is 7.95. The highest BCUT2D eigenvalue weighted by Gasteiger charge is 2.62. The van der Waals surface area contributed by atoms with Crippen LogP contribution in [0.1, 0.15) is 51.5 Å². The molecule has 1 aliphatic heterocycles. The summed E-state index contributed by atoms with van der Waals surface area (Å²) in [4.78, 5) is 10.7. The molecule has 1 saturated heterocycles. The van der Waals surface area contributed by atoms with Crippen molar-refractivity contribution in [1.29, 1.82) is 0 Å². The van der Waals surface area contributed by atoms with Gasteiger partial charge in [-0.2, -0.15) is 0 Å². The van der Waals surface area contributed by atoms with E-state index in [9.17, 15) is 15.3 Å². The van der Waals surface area contributed by atoms with Crippen LogP contribution in [0, 0.1) is 39.0 Å². The van der Waals surface area contributed by atoms with Crippen molar-refractivity contribution in [3.05, 3.63) is 45.2 Å². The fraction of sp³-hybridized carbons (Fsp3) is 0.714. The Morgan fingerprint density at radius 3 is 2.33 bits per heavy atom. The number of rotatable bonds is 4. The lowest BCUT2D eigenvalue weighted by molar-refractivity contribution is -1.10. The van der Waals surface area contributed by atoms with E-state index in [1.54, 1.807) is 12.1 Å². The summed E-state index contributed by atoms with van der Waals surface area (Å²) in [6.07, 6.45) is 6.60. The summed E-state index contributed by atoms with van der Waals surface area (Å²) < 4.78 is -0.360. The van der Waals surface area contributed by atoms with E-state index in [0.717, 1.165) is 23.9 Å². The Morgan fingerprint density at radius 2 is 1.78 bits per heavy atom. The normalized spacial score (nSPS) is 42.1. The minimum atomic E-state index is -0.379. The zero-order valence-electron chi connectivity index (χ0n) is 16.2. The van der Waals surface area contributed by atoms with Gasteiger partial charge in [-0.1, -0.05) is 12.1 Å². The van der Waals surface area contributed by atoms with Gasteiger partial charge < -0.3 is 5.21 Å². The minimum Gasteiger partial charge on any atom is -0.611 e. The molecule has 6 heteroatoms. The SMILES string of the molecule is CC1(C)CN(C2C3CC4CC(C3)CC2C4)[N+]1([O-])Cc1cccc([N+](=O)[O-])c1. The molecule has 5 fully saturated rings. The molecule has 4 aliphatic carbocycles. The van der Waals surface area contributed by atoms with Crippen LogP contribution < -0.4 is 0 Å². The number of hydrogen-bond acceptors (Lipinski definition) is 4. The van der Waals surface area contributed by atoms with Crippen molar-refractivity contribution < 1.29 is 9.68 Å². The van der Waals surface area contributed by atoms with E-state index in [2.05, 4.69) is 5.01 Å². The summed E-state index contributed by atoms with van der Waals surface area (Å²) >= 11 is 0. The van der Waals surface area contributed by atoms with E-state index in [4.69, 9.17) is 0 Å². The number of hydrogen-bond donors (Lipinski definition) is 0. The molecule has 5 aliphatic rings. The van der Waals surface area contributed by atoms with Gasteiger partial charge in [-0.25, -0.2) is 0 Å². The molecule has 6 rings (SSSR count). The number of quaternary nitrogens is 1. The predicted molar refractivity (Wildman–Crippen MR) is 102 cm³/mol. The zero-order valence-corrected chi connectivity index (χ0v) is 16.2. The Labute approximate surface area is 160 Å². The lowest BCUT2D eigenvalue weighted by atomic mass is 9.53. The molecule has 1 aromatic rings. The first-order valence-electron chi connectivity index (χ1n) is 10.4. The van der Waals surface area contributed by atoms with Crippen LogP contribution in [-0.2, 0) is 6.54 Å². The summed E-state index contributed by atoms with van der Waals surface area (Å²) in [5.74, 6) is 3.13. The van der Waals surface area contributed by atoms with Crippen LogP contribution in [0.15, 0.2) is 24.3 Å². The van der Waals surface area contributed by atoms with Crippen LogP contribution in [0.3, 0.4) is 0 Å². The van der Waals surface area contributed by atoms with Crippen LogP contribution in [-0.4, -0.2) is 32.8 Å². The third kappa shape index (κ3) is 2.57. The summed E-state index contributed by atoms with van der Waals surface area (Å²) in [5.41, 5.74) is 0.457. The second kappa shape index (κ2) is 5.75. The van der Waals surface area contributed by atoms with Crippen molar-refractivity contribution in [3.8, 4) is 0 Å². The number of hydroxylamine groups is 2. The summed E-state index contributed by atoms with van der Waals surface area (Å²) in [6.45, 7) is 5.21. The second-order valence-electron chi connectivity index (χ2n) is 10.1. The van der Waals surface area contributed by atoms with E-state index >= 15 is 0 Å². The van der Waals surface area contributed by atoms with E-state index < -0.39 is 0 Å². The van der Waals surface area contributed by atoms with Gasteiger partial charge in [-0.3, -0.25) is 14.9 Å². The lowest BCUT2D eigenvalue weighted by Crippen LogP contribution is -2.83. The van der Waals surface area contributed by atoms with Gasteiger partial charge in [0.2, 0.25) is 0 Å². The molecule has 146 valence electrons. The fourth-order valence-corrected chi connectivity index (χ4v) is 6.92. The number of nitro groups is 1. The third-order valence-electron chi connectivity index (χ3n) is 7.95. The number of nitro benzene ring substituents is 1. The topological polar surface area (TPSA) is 69.4 Å². The van der Waals surface area contributed by atoms with Gasteiger partial charge in [0.15, 0.2) is 0 Å². The van der Waals surface area contributed by atoms with Crippen LogP contribution in [0.4, 0.5) is 5.69 Å². The van der Waals surface area contributed by atoms with E-state index in [1.165, 1.54) is 38.2 Å². The summed E-state index contributed by atoms with van der Waals surface area (Å²) in [5, 5.41) is 27.4. The second-order valence-corrected chi connectivity index (χ2v) is 10.1. The van der Waals surface area contributed by atoms with E-state index in [1.807, 2.05) is 19.9 Å². The molecular formula is C21H29N3O3. The van der Waals surface area contributed by atoms with Gasteiger partial charge in [-0.15, -0.1) is 5.01 Å². The van der Waals surface area contributed by atoms with Crippen LogP contribution in [0.5, 0.6) is 0 Å². The maximum Gasteiger partial charge on any atom is 0.269 e. The first-order chi connectivity index (χ1) is 12.8. The number of non-ortho nitro benzene ring substituents is 1. The molecule has 4 saturated carbocycles. The average Bonchev–Trinajstić information content (AvgIpc) is 2.60. The Balaban J connectivity index is 1.43. The standard InChI is InChI=1S/C21H29N3O3/c1-21(2)13-22(20-17-7-15-6-16(9-17)10-18(20)8-15)24(21,27)12-14-4-3-5-19(11-14)23(25)26/h3-5,11,15-18,20H,6-10,12-13H2,1-2H3. The first-order valence-corrected chi connectivity index (χ1v) is 10.4. The molecule has 1 unspecified atom stereocenters. The van der Waals surface area contributed by atoms with Gasteiger partial charge in [0.05, 0.1) is 11.0 Å². The number of nitrogens with zero attached hydrogens (tertiary/aromatic N) is 3. The van der Waals surface area contributed by atoms with Crippen LogP contribution in [0.25, 0.3) is 0 Å². The molecule has 1 heterocycles. The Kier molecular flexibility index (Phi) is 3.75. The van der Waals surface area contributed by atoms with Gasteiger partial charge in [0.25, 0.3) is 5.69 Å². The highest BCUT2D eigenvalue weighted by atomic mass is 16.6. The fourth-order valence-electron chi connectivity index (χ4n) is 6.92. The van der Waals surface area contributed by atoms with Gasteiger partial charge >= 0.3 is 0 Å². The Morgan fingerprint density at radius 1 is 1.15 bits per heavy atom.